The van der Waals surface area contributed by atoms with Gasteiger partial charge in [-0.05, 0) is 25.0 Å². The molecule has 22 heavy (non-hydrogen) atoms. The number of fused-ring (bicyclic) bond motifs is 1. The molecule has 2 atom stereocenters. The molecule has 1 heterocycles. The van der Waals surface area contributed by atoms with Crippen LogP contribution in [0.5, 0.6) is 0 Å². The number of benzene rings is 1. The van der Waals surface area contributed by atoms with Crippen molar-refractivity contribution < 1.29 is 27.1 Å². The van der Waals surface area contributed by atoms with Gasteiger partial charge in [-0.25, -0.2) is 14.1 Å². The van der Waals surface area contributed by atoms with E-state index in [-0.39, 0.29) is 11.6 Å². The van der Waals surface area contributed by atoms with Crippen molar-refractivity contribution in [1.29, 1.82) is 0 Å². The van der Waals surface area contributed by atoms with Crippen LogP contribution in [-0.4, -0.2) is 17.6 Å². The van der Waals surface area contributed by atoms with Crippen LogP contribution in [0.2, 0.25) is 0 Å². The van der Waals surface area contributed by atoms with Crippen molar-refractivity contribution in [3.63, 3.8) is 0 Å². The van der Waals surface area contributed by atoms with Gasteiger partial charge >= 0.3 is 6.18 Å². The molecule has 0 radical (unpaired) electrons. The van der Waals surface area contributed by atoms with E-state index in [1.165, 1.54) is 0 Å². The van der Waals surface area contributed by atoms with Crippen molar-refractivity contribution in [3.8, 4) is 11.8 Å². The average molecular weight is 318 g/mol. The van der Waals surface area contributed by atoms with Gasteiger partial charge in [-0.15, -0.1) is 0 Å². The Morgan fingerprint density at radius 1 is 1.23 bits per heavy atom. The second-order valence-electron chi connectivity index (χ2n) is 5.27. The Morgan fingerprint density at radius 2 is 1.91 bits per heavy atom. The minimum atomic E-state index is -5.05. The van der Waals surface area contributed by atoms with Gasteiger partial charge in [-0.3, -0.25) is 0 Å². The Bertz CT molecular complexity index is 674. The maximum absolute atomic E-state index is 14.1. The lowest BCUT2D eigenvalue weighted by atomic mass is 9.85. The number of halogens is 5. The van der Waals surface area contributed by atoms with Gasteiger partial charge in [0.15, 0.2) is 18.0 Å². The molecule has 1 aromatic carbocycles. The van der Waals surface area contributed by atoms with Crippen LogP contribution in [0.1, 0.15) is 18.4 Å². The fourth-order valence-corrected chi connectivity index (χ4v) is 2.33. The lowest BCUT2D eigenvalue weighted by molar-refractivity contribution is -0.191. The zero-order valence-corrected chi connectivity index (χ0v) is 11.1. The highest BCUT2D eigenvalue weighted by atomic mass is 19.4. The Morgan fingerprint density at radius 3 is 2.50 bits per heavy atom. The van der Waals surface area contributed by atoms with Crippen LogP contribution in [0.4, 0.5) is 27.6 Å². The van der Waals surface area contributed by atoms with Gasteiger partial charge in [0.05, 0.1) is 5.56 Å². The van der Waals surface area contributed by atoms with Crippen molar-refractivity contribution in [2.24, 2.45) is 5.92 Å². The van der Waals surface area contributed by atoms with Crippen molar-refractivity contribution in [2.75, 3.05) is 5.32 Å². The molecule has 1 aromatic rings. The highest BCUT2D eigenvalue weighted by Crippen LogP contribution is 2.46. The molecular weight excluding hydrogens is 307 g/mol. The van der Waals surface area contributed by atoms with Crippen LogP contribution < -0.4 is 10.6 Å². The second-order valence-corrected chi connectivity index (χ2v) is 5.27. The number of rotatable bonds is 0. The van der Waals surface area contributed by atoms with Gasteiger partial charge in [0.2, 0.25) is 5.54 Å². The summed E-state index contributed by atoms with van der Waals surface area (Å²) in [5.41, 5.74) is -4.51. The smallest absolute Gasteiger partial charge is 0.361 e. The molecule has 8 heteroatoms. The maximum Gasteiger partial charge on any atom is 0.422 e. The van der Waals surface area contributed by atoms with Gasteiger partial charge in [0, 0.05) is 11.6 Å². The topological polar surface area (TPSA) is 44.3 Å². The third-order valence-corrected chi connectivity index (χ3v) is 3.58. The number of aliphatic hydroxyl groups is 1. The monoisotopic (exact) mass is 318 g/mol. The molecule has 2 aliphatic rings. The van der Waals surface area contributed by atoms with Crippen molar-refractivity contribution >= 4 is 5.69 Å². The van der Waals surface area contributed by atoms with Crippen molar-refractivity contribution in [3.05, 3.63) is 29.3 Å². The average Bonchev–Trinajstić information content (AvgIpc) is 3.23. The van der Waals surface area contributed by atoms with E-state index in [1.54, 1.807) is 0 Å². The molecule has 0 bridgehead atoms. The first-order chi connectivity index (χ1) is 10.2. The Hall–Kier alpha value is -1.85. The first kappa shape index (κ1) is 15.1. The van der Waals surface area contributed by atoms with Gasteiger partial charge in [0.25, 0.3) is 0 Å². The predicted molar refractivity (Wildman–Crippen MR) is 67.4 cm³/mol. The molecule has 3 nitrogen and oxygen atoms in total. The molecular formula is C14H11F5N2O. The molecule has 0 amide bonds. The molecule has 1 fully saturated rings. The SMILES string of the molecule is OC1Nc2ccc(F)c(F)c2[C@@](C#CC2CC2)(C(F)(F)F)N1. The van der Waals surface area contributed by atoms with E-state index in [4.69, 9.17) is 0 Å². The Kier molecular flexibility index (Phi) is 3.30. The zero-order chi connectivity index (χ0) is 16.1. The zero-order valence-electron chi connectivity index (χ0n) is 11.1. The first-order valence-electron chi connectivity index (χ1n) is 6.55. The quantitative estimate of drug-likeness (QED) is 0.508. The van der Waals surface area contributed by atoms with Crippen LogP contribution in [0.25, 0.3) is 0 Å². The van der Waals surface area contributed by atoms with Crippen LogP contribution in [0, 0.1) is 29.4 Å². The molecule has 3 rings (SSSR count). The summed E-state index contributed by atoms with van der Waals surface area (Å²) in [5, 5.41) is 13.6. The number of hydrogen-bond acceptors (Lipinski definition) is 3. The molecule has 0 aromatic heterocycles. The van der Waals surface area contributed by atoms with E-state index < -0.39 is 35.3 Å². The van der Waals surface area contributed by atoms with Crippen LogP contribution in [-0.2, 0) is 5.54 Å². The van der Waals surface area contributed by atoms with E-state index in [1.807, 2.05) is 11.2 Å². The Labute approximate surface area is 122 Å². The van der Waals surface area contributed by atoms with E-state index in [0.717, 1.165) is 6.07 Å². The predicted octanol–water partition coefficient (Wildman–Crippen LogP) is 2.43. The second kappa shape index (κ2) is 4.83. The van der Waals surface area contributed by atoms with Crippen LogP contribution >= 0.6 is 0 Å². The molecule has 1 aliphatic heterocycles. The molecule has 1 aliphatic carbocycles. The summed E-state index contributed by atoms with van der Waals surface area (Å²) in [6.07, 6.45) is -5.52. The highest BCUT2D eigenvalue weighted by molar-refractivity contribution is 5.61. The molecule has 1 saturated carbocycles. The minimum absolute atomic E-state index is 0.187. The van der Waals surface area contributed by atoms with E-state index in [9.17, 15) is 27.1 Å². The molecule has 0 saturated heterocycles. The fourth-order valence-electron chi connectivity index (χ4n) is 2.33. The lowest BCUT2D eigenvalue weighted by Crippen LogP contribution is -2.62. The number of alkyl halides is 3. The lowest BCUT2D eigenvalue weighted by Gasteiger charge is -2.40. The molecule has 1 unspecified atom stereocenters. The summed E-state index contributed by atoms with van der Waals surface area (Å²) >= 11 is 0. The summed E-state index contributed by atoms with van der Waals surface area (Å²) in [7, 11) is 0. The van der Waals surface area contributed by atoms with Gasteiger partial charge < -0.3 is 10.4 Å². The normalized spacial score (nSPS) is 27.5. The van der Waals surface area contributed by atoms with Gasteiger partial charge in [0.1, 0.15) is 0 Å². The highest BCUT2D eigenvalue weighted by Gasteiger charge is 2.60. The summed E-state index contributed by atoms with van der Waals surface area (Å²) in [5.74, 6) is 1.17. The minimum Gasteiger partial charge on any atom is -0.361 e. The fraction of sp³-hybridized carbons (Fsp3) is 0.429. The van der Waals surface area contributed by atoms with E-state index >= 15 is 0 Å². The van der Waals surface area contributed by atoms with Crippen LogP contribution in [0.3, 0.4) is 0 Å². The van der Waals surface area contributed by atoms with E-state index in [0.29, 0.717) is 18.9 Å². The molecule has 118 valence electrons. The number of aliphatic hydroxyl groups excluding tert-OH is 1. The van der Waals surface area contributed by atoms with Crippen molar-refractivity contribution in [2.45, 2.75) is 30.9 Å². The summed E-state index contributed by atoms with van der Waals surface area (Å²) in [6, 6.07) is 1.63. The van der Waals surface area contributed by atoms with Crippen LogP contribution in [0.15, 0.2) is 12.1 Å². The van der Waals surface area contributed by atoms with Crippen molar-refractivity contribution in [1.82, 2.24) is 5.32 Å². The number of nitrogens with one attached hydrogen (secondary N) is 2. The van der Waals surface area contributed by atoms with E-state index in [2.05, 4.69) is 11.2 Å². The standard InChI is InChI=1S/C14H11F5N2O/c15-8-3-4-9-10(11(8)16)13(14(17,18)19,21-12(22)20-9)6-5-7-1-2-7/h3-4,7,12,20-22H,1-2H2/t12?,13-/m0/s1. The molecule has 0 spiro atoms. The maximum atomic E-state index is 14.1. The third kappa shape index (κ3) is 2.30. The summed E-state index contributed by atoms with van der Waals surface area (Å²) in [4.78, 5) is 0. The summed E-state index contributed by atoms with van der Waals surface area (Å²) < 4.78 is 68.4. The third-order valence-electron chi connectivity index (χ3n) is 3.58. The number of anilines is 1. The molecule has 3 N–H and O–H groups in total. The largest absolute Gasteiger partial charge is 0.422 e. The summed E-state index contributed by atoms with van der Waals surface area (Å²) in [6.45, 7) is 0. The first-order valence-corrected chi connectivity index (χ1v) is 6.55. The Balaban J connectivity index is 2.26. The van der Waals surface area contributed by atoms with Gasteiger partial charge in [-0.1, -0.05) is 11.8 Å². The van der Waals surface area contributed by atoms with Gasteiger partial charge in [-0.2, -0.15) is 13.2 Å². The number of hydrogen-bond donors (Lipinski definition) is 3.